The molecule has 0 radical (unpaired) electrons. The molecule has 1 saturated heterocycles. The minimum atomic E-state index is 0.127. The SMILES string of the molecule is O=C1CC(CO)CN1C1Cc2ccccc2C1. The summed E-state index contributed by atoms with van der Waals surface area (Å²) in [7, 11) is 0. The van der Waals surface area contributed by atoms with E-state index in [1.54, 1.807) is 0 Å². The highest BCUT2D eigenvalue weighted by Crippen LogP contribution is 2.29. The Balaban J connectivity index is 1.75. The third-order valence-corrected chi connectivity index (χ3v) is 3.97. The number of nitrogens with zero attached hydrogens (tertiary/aromatic N) is 1. The second-order valence-electron chi connectivity index (χ2n) is 5.13. The average Bonchev–Trinajstić information content (AvgIpc) is 2.91. The van der Waals surface area contributed by atoms with Crippen LogP contribution in [0.15, 0.2) is 24.3 Å². The Morgan fingerprint density at radius 1 is 1.18 bits per heavy atom. The Morgan fingerprint density at radius 3 is 2.35 bits per heavy atom. The summed E-state index contributed by atoms with van der Waals surface area (Å²) in [4.78, 5) is 13.9. The van der Waals surface area contributed by atoms with Crippen molar-refractivity contribution >= 4 is 5.91 Å². The Hall–Kier alpha value is -1.35. The number of amides is 1. The van der Waals surface area contributed by atoms with Crippen LogP contribution in [0, 0.1) is 5.92 Å². The lowest BCUT2D eigenvalue weighted by Crippen LogP contribution is -2.37. The van der Waals surface area contributed by atoms with E-state index >= 15 is 0 Å². The van der Waals surface area contributed by atoms with Gasteiger partial charge in [-0.2, -0.15) is 0 Å². The number of hydrogen-bond acceptors (Lipinski definition) is 2. The van der Waals surface area contributed by atoms with E-state index in [1.165, 1.54) is 11.1 Å². The van der Waals surface area contributed by atoms with E-state index in [1.807, 2.05) is 4.90 Å². The summed E-state index contributed by atoms with van der Waals surface area (Å²) in [6.45, 7) is 0.857. The summed E-state index contributed by atoms with van der Waals surface area (Å²) < 4.78 is 0. The van der Waals surface area contributed by atoms with Crippen LogP contribution in [0.4, 0.5) is 0 Å². The molecular weight excluding hydrogens is 214 g/mol. The molecule has 3 rings (SSSR count). The topological polar surface area (TPSA) is 40.5 Å². The number of fused-ring (bicyclic) bond motifs is 1. The molecule has 3 heteroatoms. The van der Waals surface area contributed by atoms with E-state index < -0.39 is 0 Å². The maximum atomic E-state index is 11.9. The van der Waals surface area contributed by atoms with Crippen molar-refractivity contribution in [1.82, 2.24) is 4.90 Å². The van der Waals surface area contributed by atoms with Gasteiger partial charge >= 0.3 is 0 Å². The van der Waals surface area contributed by atoms with Crippen LogP contribution in [0.1, 0.15) is 17.5 Å². The monoisotopic (exact) mass is 231 g/mol. The summed E-state index contributed by atoms with van der Waals surface area (Å²) in [6, 6.07) is 8.74. The third kappa shape index (κ3) is 1.84. The molecule has 0 bridgehead atoms. The maximum Gasteiger partial charge on any atom is 0.223 e. The van der Waals surface area contributed by atoms with Crippen molar-refractivity contribution in [2.24, 2.45) is 5.92 Å². The van der Waals surface area contributed by atoms with Crippen LogP contribution in [-0.4, -0.2) is 35.1 Å². The Labute approximate surface area is 101 Å². The summed E-state index contributed by atoms with van der Waals surface area (Å²) >= 11 is 0. The molecule has 3 nitrogen and oxygen atoms in total. The van der Waals surface area contributed by atoms with Crippen molar-refractivity contribution in [2.45, 2.75) is 25.3 Å². The fraction of sp³-hybridized carbons (Fsp3) is 0.500. The molecular formula is C14H17NO2. The number of likely N-dealkylation sites (tertiary alicyclic amines) is 1. The van der Waals surface area contributed by atoms with Crippen LogP contribution in [-0.2, 0) is 17.6 Å². The molecule has 1 fully saturated rings. The minimum Gasteiger partial charge on any atom is -0.396 e. The van der Waals surface area contributed by atoms with Crippen LogP contribution in [0.25, 0.3) is 0 Å². The van der Waals surface area contributed by atoms with E-state index in [9.17, 15) is 4.79 Å². The van der Waals surface area contributed by atoms with Gasteiger partial charge in [-0.05, 0) is 24.0 Å². The highest BCUT2D eigenvalue weighted by atomic mass is 16.3. The average molecular weight is 231 g/mol. The first-order chi connectivity index (χ1) is 8.28. The van der Waals surface area contributed by atoms with Gasteiger partial charge in [-0.25, -0.2) is 0 Å². The van der Waals surface area contributed by atoms with E-state index in [4.69, 9.17) is 5.11 Å². The number of benzene rings is 1. The minimum absolute atomic E-state index is 0.127. The fourth-order valence-corrected chi connectivity index (χ4v) is 3.04. The molecule has 1 heterocycles. The lowest BCUT2D eigenvalue weighted by molar-refractivity contribution is -0.129. The second kappa shape index (κ2) is 4.15. The molecule has 1 N–H and O–H groups in total. The molecule has 1 unspecified atom stereocenters. The summed E-state index contributed by atoms with van der Waals surface area (Å²) in [5, 5.41) is 9.14. The maximum absolute atomic E-state index is 11.9. The second-order valence-corrected chi connectivity index (χ2v) is 5.13. The van der Waals surface area contributed by atoms with Crippen LogP contribution in [0.2, 0.25) is 0 Å². The van der Waals surface area contributed by atoms with E-state index in [0.29, 0.717) is 12.5 Å². The molecule has 0 spiro atoms. The number of carbonyl (C=O) groups excluding carboxylic acids is 1. The van der Waals surface area contributed by atoms with Crippen molar-refractivity contribution in [2.75, 3.05) is 13.2 Å². The number of carbonyl (C=O) groups is 1. The van der Waals surface area contributed by atoms with Crippen molar-refractivity contribution < 1.29 is 9.90 Å². The number of aliphatic hydroxyl groups is 1. The van der Waals surface area contributed by atoms with Gasteiger partial charge in [0.15, 0.2) is 0 Å². The standard InChI is InChI=1S/C14H17NO2/c16-9-10-5-14(17)15(8-10)13-6-11-3-1-2-4-12(11)7-13/h1-4,10,13,16H,5-9H2. The molecule has 1 aliphatic heterocycles. The zero-order valence-electron chi connectivity index (χ0n) is 9.80. The molecule has 1 aromatic carbocycles. The predicted molar refractivity (Wildman–Crippen MR) is 64.5 cm³/mol. The Kier molecular flexibility index (Phi) is 2.63. The predicted octanol–water partition coefficient (Wildman–Crippen LogP) is 0.995. The van der Waals surface area contributed by atoms with Gasteiger partial charge in [-0.1, -0.05) is 24.3 Å². The molecule has 0 aromatic heterocycles. The van der Waals surface area contributed by atoms with Gasteiger partial charge in [0, 0.05) is 31.5 Å². The highest BCUT2D eigenvalue weighted by molar-refractivity contribution is 5.79. The highest BCUT2D eigenvalue weighted by Gasteiger charge is 2.36. The molecule has 1 amide bonds. The van der Waals surface area contributed by atoms with Gasteiger partial charge in [0.05, 0.1) is 0 Å². The molecule has 2 aliphatic rings. The Bertz CT molecular complexity index is 419. The normalized spacial score (nSPS) is 24.4. The van der Waals surface area contributed by atoms with E-state index in [-0.39, 0.29) is 18.4 Å². The van der Waals surface area contributed by atoms with Gasteiger partial charge in [-0.3, -0.25) is 4.79 Å². The molecule has 1 aromatic rings. The largest absolute Gasteiger partial charge is 0.396 e. The molecule has 1 atom stereocenters. The summed E-state index contributed by atoms with van der Waals surface area (Å²) in [5.74, 6) is 0.355. The van der Waals surface area contributed by atoms with Crippen LogP contribution in [0.5, 0.6) is 0 Å². The van der Waals surface area contributed by atoms with Crippen LogP contribution in [0.3, 0.4) is 0 Å². The van der Waals surface area contributed by atoms with Gasteiger partial charge in [0.1, 0.15) is 0 Å². The van der Waals surface area contributed by atoms with Crippen molar-refractivity contribution in [3.05, 3.63) is 35.4 Å². The van der Waals surface area contributed by atoms with Gasteiger partial charge < -0.3 is 10.0 Å². The third-order valence-electron chi connectivity index (χ3n) is 3.97. The Morgan fingerprint density at radius 2 is 1.82 bits per heavy atom. The molecule has 1 aliphatic carbocycles. The first kappa shape index (κ1) is 10.8. The van der Waals surface area contributed by atoms with Crippen LogP contribution < -0.4 is 0 Å². The van der Waals surface area contributed by atoms with E-state index in [2.05, 4.69) is 24.3 Å². The smallest absolute Gasteiger partial charge is 0.223 e. The van der Waals surface area contributed by atoms with Gasteiger partial charge in [0.2, 0.25) is 5.91 Å². The summed E-state index contributed by atoms with van der Waals surface area (Å²) in [6.07, 6.45) is 2.46. The van der Waals surface area contributed by atoms with Crippen molar-refractivity contribution in [3.8, 4) is 0 Å². The van der Waals surface area contributed by atoms with Crippen molar-refractivity contribution in [1.29, 1.82) is 0 Å². The van der Waals surface area contributed by atoms with Crippen molar-refractivity contribution in [3.63, 3.8) is 0 Å². The number of aliphatic hydroxyl groups excluding tert-OH is 1. The molecule has 17 heavy (non-hydrogen) atoms. The lowest BCUT2D eigenvalue weighted by Gasteiger charge is -2.24. The fourth-order valence-electron chi connectivity index (χ4n) is 3.04. The first-order valence-electron chi connectivity index (χ1n) is 6.25. The zero-order chi connectivity index (χ0) is 11.8. The molecule has 90 valence electrons. The quantitative estimate of drug-likeness (QED) is 0.824. The zero-order valence-corrected chi connectivity index (χ0v) is 9.80. The lowest BCUT2D eigenvalue weighted by atomic mass is 10.1. The summed E-state index contributed by atoms with van der Waals surface area (Å²) in [5.41, 5.74) is 2.75. The van der Waals surface area contributed by atoms with Crippen LogP contribution >= 0.6 is 0 Å². The molecule has 0 saturated carbocycles. The first-order valence-corrected chi connectivity index (χ1v) is 6.25. The van der Waals surface area contributed by atoms with Gasteiger partial charge in [0.25, 0.3) is 0 Å². The van der Waals surface area contributed by atoms with Gasteiger partial charge in [-0.15, -0.1) is 0 Å². The number of hydrogen-bond donors (Lipinski definition) is 1. The van der Waals surface area contributed by atoms with E-state index in [0.717, 1.165) is 19.4 Å². The number of rotatable bonds is 2.